The molecule has 25 heavy (non-hydrogen) atoms. The van der Waals surface area contributed by atoms with Crippen LogP contribution >= 0.6 is 11.6 Å². The molecule has 0 saturated heterocycles. The van der Waals surface area contributed by atoms with Crippen molar-refractivity contribution >= 4 is 23.2 Å². The molecule has 1 amide bonds. The van der Waals surface area contributed by atoms with Crippen LogP contribution < -0.4 is 16.6 Å². The van der Waals surface area contributed by atoms with Crippen molar-refractivity contribution in [3.05, 3.63) is 61.4 Å². The molecule has 0 bridgehead atoms. The summed E-state index contributed by atoms with van der Waals surface area (Å²) in [6.45, 7) is 1.31. The lowest BCUT2D eigenvalue weighted by Crippen LogP contribution is -2.43. The number of carbonyl (C=O) groups is 1. The fourth-order valence-electron chi connectivity index (χ4n) is 2.15. The maximum Gasteiger partial charge on any atom is 0.331 e. The van der Waals surface area contributed by atoms with Crippen molar-refractivity contribution in [2.75, 3.05) is 5.32 Å². The number of anilines is 1. The van der Waals surface area contributed by atoms with E-state index in [1.165, 1.54) is 18.2 Å². The van der Waals surface area contributed by atoms with Crippen LogP contribution in [0, 0.1) is 22.7 Å². The predicted octanol–water partition coefficient (Wildman–Crippen LogP) is 1.07. The molecule has 1 aromatic heterocycles. The molecule has 2 rings (SSSR count). The molecule has 0 spiro atoms. The van der Waals surface area contributed by atoms with Gasteiger partial charge in [-0.05, 0) is 25.1 Å². The highest BCUT2D eigenvalue weighted by Gasteiger charge is 2.15. The fourth-order valence-corrected chi connectivity index (χ4v) is 2.32. The van der Waals surface area contributed by atoms with E-state index in [2.05, 4.69) is 5.32 Å². The Morgan fingerprint density at radius 2 is 1.92 bits per heavy atom. The summed E-state index contributed by atoms with van der Waals surface area (Å²) < 4.78 is 1.83. The Bertz CT molecular complexity index is 1040. The molecule has 1 heterocycles. The Morgan fingerprint density at radius 1 is 1.24 bits per heavy atom. The third-order valence-electron chi connectivity index (χ3n) is 3.38. The summed E-state index contributed by atoms with van der Waals surface area (Å²) in [4.78, 5) is 36.6. The number of carbonyl (C=O) groups excluding carboxylic acids is 1. The third kappa shape index (κ3) is 3.77. The Labute approximate surface area is 147 Å². The van der Waals surface area contributed by atoms with E-state index in [9.17, 15) is 14.4 Å². The average Bonchev–Trinajstić information content (AvgIpc) is 2.59. The van der Waals surface area contributed by atoms with Crippen molar-refractivity contribution in [1.82, 2.24) is 9.13 Å². The number of benzene rings is 1. The van der Waals surface area contributed by atoms with Crippen LogP contribution in [0.5, 0.6) is 0 Å². The van der Waals surface area contributed by atoms with Gasteiger partial charge in [-0.25, -0.2) is 9.36 Å². The molecule has 0 saturated carbocycles. The lowest BCUT2D eigenvalue weighted by molar-refractivity contribution is -0.116. The smallest absolute Gasteiger partial charge is 0.323 e. The van der Waals surface area contributed by atoms with E-state index in [1.807, 2.05) is 6.07 Å². The lowest BCUT2D eigenvalue weighted by atomic mass is 10.2. The Hall–Kier alpha value is -3.36. The van der Waals surface area contributed by atoms with Crippen molar-refractivity contribution in [2.24, 2.45) is 0 Å². The van der Waals surface area contributed by atoms with Crippen LogP contribution in [0.4, 0.5) is 5.69 Å². The highest BCUT2D eigenvalue weighted by molar-refractivity contribution is 6.31. The van der Waals surface area contributed by atoms with E-state index >= 15 is 0 Å². The van der Waals surface area contributed by atoms with Crippen LogP contribution in [0.2, 0.25) is 5.02 Å². The summed E-state index contributed by atoms with van der Waals surface area (Å²) in [6.07, 6.45) is 1.16. The van der Waals surface area contributed by atoms with E-state index in [1.54, 1.807) is 13.0 Å². The maximum absolute atomic E-state index is 12.2. The fraction of sp³-hybridized carbons (Fsp3) is 0.188. The van der Waals surface area contributed by atoms with Gasteiger partial charge in [0.25, 0.3) is 5.56 Å². The van der Waals surface area contributed by atoms with Crippen LogP contribution in [0.3, 0.4) is 0 Å². The third-order valence-corrected chi connectivity index (χ3v) is 3.61. The van der Waals surface area contributed by atoms with Crippen molar-refractivity contribution in [2.45, 2.75) is 20.0 Å². The van der Waals surface area contributed by atoms with Gasteiger partial charge < -0.3 is 5.32 Å². The van der Waals surface area contributed by atoms with Gasteiger partial charge in [-0.2, -0.15) is 10.5 Å². The number of hydrogen-bond acceptors (Lipinski definition) is 5. The zero-order valence-corrected chi connectivity index (χ0v) is 13.9. The van der Waals surface area contributed by atoms with Gasteiger partial charge in [0.1, 0.15) is 24.2 Å². The molecule has 2 aromatic rings. The van der Waals surface area contributed by atoms with Crippen LogP contribution in [0.15, 0.2) is 34.0 Å². The average molecular weight is 358 g/mol. The van der Waals surface area contributed by atoms with E-state index in [0.29, 0.717) is 9.59 Å². The lowest BCUT2D eigenvalue weighted by Gasteiger charge is -2.11. The standard InChI is InChI=1S/C16H12ClN5O3/c1-2-21-8-11(7-19)15(24)22(16(21)25)9-14(23)20-13-5-12(17)4-3-10(13)6-18/h3-5,8H,2,9H2,1H3,(H,20,23). The molecular weight excluding hydrogens is 346 g/mol. The monoisotopic (exact) mass is 357 g/mol. The summed E-state index contributed by atoms with van der Waals surface area (Å²) in [5.74, 6) is -0.698. The zero-order chi connectivity index (χ0) is 18.6. The van der Waals surface area contributed by atoms with Crippen LogP contribution in [-0.2, 0) is 17.9 Å². The minimum absolute atomic E-state index is 0.167. The largest absolute Gasteiger partial charge is 0.331 e. The molecule has 0 aliphatic rings. The molecule has 0 unspecified atom stereocenters. The normalized spacial score (nSPS) is 9.92. The minimum Gasteiger partial charge on any atom is -0.323 e. The van der Waals surface area contributed by atoms with E-state index in [0.717, 1.165) is 10.8 Å². The van der Waals surface area contributed by atoms with E-state index in [4.69, 9.17) is 22.1 Å². The van der Waals surface area contributed by atoms with Crippen LogP contribution in [-0.4, -0.2) is 15.0 Å². The van der Waals surface area contributed by atoms with E-state index < -0.39 is 23.7 Å². The molecule has 0 atom stereocenters. The minimum atomic E-state index is -0.848. The Balaban J connectivity index is 2.39. The van der Waals surface area contributed by atoms with Gasteiger partial charge in [0.2, 0.25) is 5.91 Å². The molecule has 1 N–H and O–H groups in total. The Kier molecular flexibility index (Phi) is 5.38. The number of amides is 1. The first-order valence-electron chi connectivity index (χ1n) is 7.15. The summed E-state index contributed by atoms with van der Waals surface area (Å²) in [5, 5.41) is 20.8. The highest BCUT2D eigenvalue weighted by atomic mass is 35.5. The van der Waals surface area contributed by atoms with Crippen molar-refractivity contribution in [3.8, 4) is 12.1 Å². The highest BCUT2D eigenvalue weighted by Crippen LogP contribution is 2.20. The molecule has 0 aliphatic heterocycles. The first kappa shape index (κ1) is 18.0. The van der Waals surface area contributed by atoms with Gasteiger partial charge in [0, 0.05) is 17.8 Å². The number of hydrogen-bond donors (Lipinski definition) is 1. The predicted molar refractivity (Wildman–Crippen MR) is 90.1 cm³/mol. The second-order valence-corrected chi connectivity index (χ2v) is 5.40. The number of nitriles is 2. The van der Waals surface area contributed by atoms with Crippen LogP contribution in [0.25, 0.3) is 0 Å². The SMILES string of the molecule is CCn1cc(C#N)c(=O)n(CC(=O)Nc2cc(Cl)ccc2C#N)c1=O. The summed E-state index contributed by atoms with van der Waals surface area (Å²) >= 11 is 5.84. The quantitative estimate of drug-likeness (QED) is 0.877. The molecular formula is C16H12ClN5O3. The van der Waals surface area contributed by atoms with E-state index in [-0.39, 0.29) is 23.4 Å². The topological polar surface area (TPSA) is 121 Å². The number of aromatic nitrogens is 2. The van der Waals surface area contributed by atoms with Gasteiger partial charge >= 0.3 is 5.69 Å². The number of halogens is 1. The van der Waals surface area contributed by atoms with Crippen molar-refractivity contribution < 1.29 is 4.79 Å². The second kappa shape index (κ2) is 7.47. The molecule has 0 aliphatic carbocycles. The summed E-state index contributed by atoms with van der Waals surface area (Å²) in [5.41, 5.74) is -1.44. The number of rotatable bonds is 4. The number of nitrogens with zero attached hydrogens (tertiary/aromatic N) is 4. The molecule has 1 aromatic carbocycles. The second-order valence-electron chi connectivity index (χ2n) is 4.96. The molecule has 9 heteroatoms. The maximum atomic E-state index is 12.2. The van der Waals surface area contributed by atoms with Crippen molar-refractivity contribution in [3.63, 3.8) is 0 Å². The molecule has 0 fully saturated rings. The summed E-state index contributed by atoms with van der Waals surface area (Å²) in [6, 6.07) is 7.92. The van der Waals surface area contributed by atoms with Gasteiger partial charge in [0.05, 0.1) is 11.3 Å². The first-order valence-corrected chi connectivity index (χ1v) is 7.53. The Morgan fingerprint density at radius 3 is 2.52 bits per heavy atom. The van der Waals surface area contributed by atoms with Gasteiger partial charge in [0.15, 0.2) is 0 Å². The van der Waals surface area contributed by atoms with Crippen LogP contribution in [0.1, 0.15) is 18.1 Å². The zero-order valence-electron chi connectivity index (χ0n) is 13.1. The first-order chi connectivity index (χ1) is 11.9. The van der Waals surface area contributed by atoms with Gasteiger partial charge in [-0.3, -0.25) is 14.2 Å². The van der Waals surface area contributed by atoms with Crippen molar-refractivity contribution in [1.29, 1.82) is 10.5 Å². The number of nitrogens with one attached hydrogen (secondary N) is 1. The number of aryl methyl sites for hydroxylation is 1. The summed E-state index contributed by atoms with van der Waals surface area (Å²) in [7, 11) is 0. The molecule has 0 radical (unpaired) electrons. The molecule has 8 nitrogen and oxygen atoms in total. The molecule has 126 valence electrons. The van der Waals surface area contributed by atoms with Gasteiger partial charge in [-0.15, -0.1) is 0 Å². The van der Waals surface area contributed by atoms with Gasteiger partial charge in [-0.1, -0.05) is 11.6 Å².